The quantitative estimate of drug-likeness (QED) is 0.346. The maximum absolute atomic E-state index is 14.8. The van der Waals surface area contributed by atoms with Gasteiger partial charge in [0.25, 0.3) is 0 Å². The van der Waals surface area contributed by atoms with Crippen LogP contribution in [0, 0.1) is 25.6 Å². The summed E-state index contributed by atoms with van der Waals surface area (Å²) in [6.07, 6.45) is 1.21. The Kier molecular flexibility index (Phi) is 10.5. The summed E-state index contributed by atoms with van der Waals surface area (Å²) in [5.41, 5.74) is 3.07. The minimum Gasteiger partial charge on any atom is -0.354 e. The maximum atomic E-state index is 14.8. The average Bonchev–Trinajstić information content (AvgIpc) is 2.88. The molecule has 7 nitrogen and oxygen atoms in total. The largest absolute Gasteiger partial charge is 0.354 e. The van der Waals surface area contributed by atoms with Gasteiger partial charge >= 0.3 is 0 Å². The van der Waals surface area contributed by atoms with Gasteiger partial charge in [-0.15, -0.1) is 0 Å². The van der Waals surface area contributed by atoms with Gasteiger partial charge in [0, 0.05) is 25.1 Å². The Morgan fingerprint density at radius 3 is 2.10 bits per heavy atom. The molecular weight excluding hydrogens is 529 g/mol. The van der Waals surface area contributed by atoms with Gasteiger partial charge in [-0.2, -0.15) is 0 Å². The van der Waals surface area contributed by atoms with Crippen molar-refractivity contribution in [1.82, 2.24) is 10.2 Å². The van der Waals surface area contributed by atoms with E-state index >= 15 is 0 Å². The van der Waals surface area contributed by atoms with Gasteiger partial charge in [-0.1, -0.05) is 68.4 Å². The van der Waals surface area contributed by atoms with Crippen LogP contribution in [0.25, 0.3) is 0 Å². The Balaban J connectivity index is 2.07. The molecule has 3 aromatic carbocycles. The fourth-order valence-electron chi connectivity index (χ4n) is 4.49. The van der Waals surface area contributed by atoms with E-state index in [0.717, 1.165) is 27.3 Å². The van der Waals surface area contributed by atoms with Crippen LogP contribution in [-0.4, -0.2) is 50.5 Å². The number of nitrogens with one attached hydrogen (secondary N) is 1. The molecule has 0 fully saturated rings. The normalized spacial score (nSPS) is 12.2. The highest BCUT2D eigenvalue weighted by Gasteiger charge is 2.33. The van der Waals surface area contributed by atoms with Crippen LogP contribution in [0.15, 0.2) is 72.8 Å². The number of benzene rings is 3. The lowest BCUT2D eigenvalue weighted by molar-refractivity contribution is -0.140. The van der Waals surface area contributed by atoms with Gasteiger partial charge < -0.3 is 10.2 Å². The first-order valence-corrected chi connectivity index (χ1v) is 15.1. The van der Waals surface area contributed by atoms with E-state index in [4.69, 9.17) is 0 Å². The Morgan fingerprint density at radius 1 is 0.925 bits per heavy atom. The summed E-state index contributed by atoms with van der Waals surface area (Å²) in [4.78, 5) is 28.9. The van der Waals surface area contributed by atoms with Crippen molar-refractivity contribution in [2.45, 2.75) is 46.7 Å². The fourth-order valence-corrected chi connectivity index (χ4v) is 5.33. The van der Waals surface area contributed by atoms with Gasteiger partial charge in [0.2, 0.25) is 21.8 Å². The third-order valence-electron chi connectivity index (χ3n) is 6.43. The summed E-state index contributed by atoms with van der Waals surface area (Å²) in [6, 6.07) is 19.6. The molecule has 0 saturated heterocycles. The Morgan fingerprint density at radius 2 is 1.52 bits per heavy atom. The molecule has 0 aliphatic heterocycles. The summed E-state index contributed by atoms with van der Waals surface area (Å²) in [7, 11) is -3.88. The molecule has 0 heterocycles. The number of hydrogen-bond acceptors (Lipinski definition) is 4. The third-order valence-corrected chi connectivity index (χ3v) is 7.57. The van der Waals surface area contributed by atoms with Crippen molar-refractivity contribution < 1.29 is 22.4 Å². The van der Waals surface area contributed by atoms with Crippen molar-refractivity contribution in [3.63, 3.8) is 0 Å². The van der Waals surface area contributed by atoms with E-state index < -0.39 is 34.3 Å². The van der Waals surface area contributed by atoms with Crippen molar-refractivity contribution in [1.29, 1.82) is 0 Å². The van der Waals surface area contributed by atoms with Crippen LogP contribution in [0.4, 0.5) is 10.1 Å². The molecule has 0 radical (unpaired) electrons. The lowest BCUT2D eigenvalue weighted by Crippen LogP contribution is -2.53. The predicted molar refractivity (Wildman–Crippen MR) is 157 cm³/mol. The minimum absolute atomic E-state index is 0.169. The van der Waals surface area contributed by atoms with E-state index in [2.05, 4.69) is 5.32 Å². The van der Waals surface area contributed by atoms with E-state index in [-0.39, 0.29) is 30.4 Å². The molecule has 40 heavy (non-hydrogen) atoms. The molecule has 3 rings (SSSR count). The molecule has 214 valence electrons. The van der Waals surface area contributed by atoms with E-state index in [9.17, 15) is 22.4 Å². The Labute approximate surface area is 237 Å². The Bertz CT molecular complexity index is 1410. The summed E-state index contributed by atoms with van der Waals surface area (Å²) >= 11 is 0. The second-order valence-electron chi connectivity index (χ2n) is 10.6. The van der Waals surface area contributed by atoms with Crippen LogP contribution in [0.3, 0.4) is 0 Å². The third kappa shape index (κ3) is 8.64. The first-order valence-electron chi connectivity index (χ1n) is 13.3. The number of aryl methyl sites for hydroxylation is 2. The van der Waals surface area contributed by atoms with Crippen LogP contribution in [0.5, 0.6) is 0 Å². The van der Waals surface area contributed by atoms with Crippen LogP contribution >= 0.6 is 0 Å². The minimum atomic E-state index is -3.88. The molecular formula is C31H38FN3O4S. The second-order valence-corrected chi connectivity index (χ2v) is 12.5. The van der Waals surface area contributed by atoms with Crippen molar-refractivity contribution in [3.05, 3.63) is 101 Å². The number of rotatable bonds is 12. The van der Waals surface area contributed by atoms with Crippen molar-refractivity contribution >= 4 is 27.5 Å². The van der Waals surface area contributed by atoms with Gasteiger partial charge in [0.05, 0.1) is 11.9 Å². The van der Waals surface area contributed by atoms with Crippen LogP contribution in [-0.2, 0) is 32.6 Å². The van der Waals surface area contributed by atoms with Gasteiger partial charge in [-0.3, -0.25) is 13.9 Å². The monoisotopic (exact) mass is 567 g/mol. The number of hydrogen-bond donors (Lipinski definition) is 1. The molecule has 3 aromatic rings. The second kappa shape index (κ2) is 13.6. The van der Waals surface area contributed by atoms with Gasteiger partial charge in [-0.05, 0) is 54.7 Å². The van der Waals surface area contributed by atoms with Crippen molar-refractivity contribution in [3.8, 4) is 0 Å². The van der Waals surface area contributed by atoms with Crippen LogP contribution in [0.2, 0.25) is 0 Å². The molecule has 0 aliphatic rings. The molecule has 9 heteroatoms. The topological polar surface area (TPSA) is 86.8 Å². The lowest BCUT2D eigenvalue weighted by Gasteiger charge is -2.33. The highest BCUT2D eigenvalue weighted by atomic mass is 32.2. The molecule has 0 aromatic heterocycles. The zero-order chi connectivity index (χ0) is 29.4. The van der Waals surface area contributed by atoms with Crippen molar-refractivity contribution in [2.24, 2.45) is 5.92 Å². The Hall–Kier alpha value is -3.72. The molecule has 1 unspecified atom stereocenters. The smallest absolute Gasteiger partial charge is 0.244 e. The molecule has 1 N–H and O–H groups in total. The highest BCUT2D eigenvalue weighted by molar-refractivity contribution is 7.92. The number of amides is 2. The summed E-state index contributed by atoms with van der Waals surface area (Å²) in [5, 5.41) is 2.91. The van der Waals surface area contributed by atoms with E-state index in [0.29, 0.717) is 12.2 Å². The molecule has 0 aliphatic carbocycles. The number of sulfonamides is 1. The summed E-state index contributed by atoms with van der Waals surface area (Å²) in [6.45, 7) is 7.26. The van der Waals surface area contributed by atoms with E-state index in [1.807, 2.05) is 64.1 Å². The average molecular weight is 568 g/mol. The molecule has 2 amide bonds. The molecule has 0 saturated carbocycles. The number of halogens is 1. The molecule has 0 bridgehead atoms. The highest BCUT2D eigenvalue weighted by Crippen LogP contribution is 2.23. The number of nitrogens with zero attached hydrogens (tertiary/aromatic N) is 2. The number of anilines is 1. The van der Waals surface area contributed by atoms with Crippen LogP contribution in [0.1, 0.15) is 36.1 Å². The first-order chi connectivity index (χ1) is 18.8. The summed E-state index contributed by atoms with van der Waals surface area (Å²) < 4.78 is 41.7. The molecule has 0 spiro atoms. The first kappa shape index (κ1) is 30.8. The fraction of sp³-hybridized carbons (Fsp3) is 0.355. The lowest BCUT2D eigenvalue weighted by atomic mass is 10.0. The SMILES string of the molecule is Cc1cc(C)cc(N(CC(=O)N(Cc2ccccc2F)C(Cc2ccccc2)C(=O)NCC(C)C)S(C)(=O)=O)c1. The standard InChI is InChI=1S/C31H38FN3O4S/c1-22(2)19-33-31(37)29(18-25-11-7-6-8-12-25)34(20-26-13-9-10-14-28(26)32)30(36)21-35(40(5,38)39)27-16-23(3)15-24(4)17-27/h6-17,22,29H,18-21H2,1-5H3,(H,33,37). The van der Waals surface area contributed by atoms with Crippen molar-refractivity contribution in [2.75, 3.05) is 23.7 Å². The zero-order valence-corrected chi connectivity index (χ0v) is 24.5. The van der Waals surface area contributed by atoms with E-state index in [1.165, 1.54) is 11.0 Å². The van der Waals surface area contributed by atoms with Crippen LogP contribution < -0.4 is 9.62 Å². The maximum Gasteiger partial charge on any atom is 0.244 e. The zero-order valence-electron chi connectivity index (χ0n) is 23.7. The predicted octanol–water partition coefficient (Wildman–Crippen LogP) is 4.62. The van der Waals surface area contributed by atoms with Gasteiger partial charge in [0.15, 0.2) is 0 Å². The number of carbonyl (C=O) groups is 2. The number of carbonyl (C=O) groups excluding carboxylic acids is 2. The van der Waals surface area contributed by atoms with E-state index in [1.54, 1.807) is 30.3 Å². The van der Waals surface area contributed by atoms with Gasteiger partial charge in [-0.25, -0.2) is 12.8 Å². The molecule has 1 atom stereocenters. The van der Waals surface area contributed by atoms with Gasteiger partial charge in [0.1, 0.15) is 18.4 Å². The summed E-state index contributed by atoms with van der Waals surface area (Å²) in [5.74, 6) is -1.36.